The van der Waals surface area contributed by atoms with Crippen LogP contribution in [0.3, 0.4) is 0 Å². The molecule has 0 spiro atoms. The van der Waals surface area contributed by atoms with E-state index in [-0.39, 0.29) is 23.4 Å². The summed E-state index contributed by atoms with van der Waals surface area (Å²) in [5.74, 6) is -0.621. The standard InChI is InChI=1S/C12H15FN2O3/c13-10-7-9(15(17)18)1-2-11(10)14-8-12(3-4-12)5-6-16/h1-2,7,14,16H,3-6,8H2. The molecule has 0 bridgehead atoms. The van der Waals surface area contributed by atoms with E-state index in [0.717, 1.165) is 18.9 Å². The van der Waals surface area contributed by atoms with Crippen LogP contribution in [0.4, 0.5) is 15.8 Å². The predicted molar refractivity (Wildman–Crippen MR) is 64.9 cm³/mol. The van der Waals surface area contributed by atoms with Gasteiger partial charge in [0.15, 0.2) is 5.82 Å². The van der Waals surface area contributed by atoms with Crippen LogP contribution in [0, 0.1) is 21.3 Å². The number of halogens is 1. The van der Waals surface area contributed by atoms with E-state index in [4.69, 9.17) is 5.11 Å². The minimum atomic E-state index is -0.624. The Hall–Kier alpha value is -1.69. The summed E-state index contributed by atoms with van der Waals surface area (Å²) in [7, 11) is 0. The highest BCUT2D eigenvalue weighted by Crippen LogP contribution is 2.48. The molecule has 0 heterocycles. The van der Waals surface area contributed by atoms with Crippen LogP contribution in [0.15, 0.2) is 18.2 Å². The van der Waals surface area contributed by atoms with Crippen molar-refractivity contribution in [2.45, 2.75) is 19.3 Å². The first-order valence-corrected chi connectivity index (χ1v) is 5.85. The van der Waals surface area contributed by atoms with Gasteiger partial charge in [-0.3, -0.25) is 10.1 Å². The van der Waals surface area contributed by atoms with Crippen molar-refractivity contribution >= 4 is 11.4 Å². The summed E-state index contributed by atoms with van der Waals surface area (Å²) in [6, 6.07) is 3.56. The number of hydrogen-bond donors (Lipinski definition) is 2. The molecule has 1 saturated carbocycles. The van der Waals surface area contributed by atoms with Crippen LogP contribution < -0.4 is 5.32 Å². The molecular formula is C12H15FN2O3. The lowest BCUT2D eigenvalue weighted by Crippen LogP contribution is -2.17. The van der Waals surface area contributed by atoms with Crippen LogP contribution in [0.25, 0.3) is 0 Å². The zero-order chi connectivity index (χ0) is 13.2. The van der Waals surface area contributed by atoms with Crippen molar-refractivity contribution in [3.05, 3.63) is 34.1 Å². The molecule has 2 rings (SSSR count). The average Bonchev–Trinajstić information content (AvgIpc) is 3.08. The summed E-state index contributed by atoms with van der Waals surface area (Å²) in [5.41, 5.74) is 0.0857. The Kier molecular flexibility index (Phi) is 3.47. The summed E-state index contributed by atoms with van der Waals surface area (Å²) in [4.78, 5) is 9.84. The van der Waals surface area contributed by atoms with Crippen molar-refractivity contribution in [3.8, 4) is 0 Å². The number of hydrogen-bond acceptors (Lipinski definition) is 4. The van der Waals surface area contributed by atoms with E-state index < -0.39 is 10.7 Å². The fraction of sp³-hybridized carbons (Fsp3) is 0.500. The second-order valence-corrected chi connectivity index (χ2v) is 4.75. The third-order valence-electron chi connectivity index (χ3n) is 3.42. The van der Waals surface area contributed by atoms with Crippen LogP contribution in [0.2, 0.25) is 0 Å². The maximum absolute atomic E-state index is 13.6. The molecule has 18 heavy (non-hydrogen) atoms. The SMILES string of the molecule is O=[N+]([O-])c1ccc(NCC2(CCO)CC2)c(F)c1. The summed E-state index contributed by atoms with van der Waals surface area (Å²) in [6.45, 7) is 0.715. The molecule has 1 aliphatic rings. The Labute approximate surface area is 104 Å². The molecule has 0 unspecified atom stereocenters. The molecule has 0 aromatic heterocycles. The maximum Gasteiger partial charge on any atom is 0.272 e. The molecule has 6 heteroatoms. The minimum Gasteiger partial charge on any atom is -0.396 e. The Morgan fingerprint density at radius 1 is 1.50 bits per heavy atom. The number of nitrogens with one attached hydrogen (secondary N) is 1. The third kappa shape index (κ3) is 2.76. The summed E-state index contributed by atoms with van der Waals surface area (Å²) >= 11 is 0. The zero-order valence-electron chi connectivity index (χ0n) is 9.86. The van der Waals surface area contributed by atoms with E-state index in [1.54, 1.807) is 0 Å². The quantitative estimate of drug-likeness (QED) is 0.603. The van der Waals surface area contributed by atoms with Crippen molar-refractivity contribution in [2.75, 3.05) is 18.5 Å². The monoisotopic (exact) mass is 254 g/mol. The fourth-order valence-corrected chi connectivity index (χ4v) is 1.97. The van der Waals surface area contributed by atoms with Gasteiger partial charge in [-0.05, 0) is 30.7 Å². The van der Waals surface area contributed by atoms with E-state index >= 15 is 0 Å². The molecule has 0 saturated heterocycles. The van der Waals surface area contributed by atoms with Crippen molar-refractivity contribution in [2.24, 2.45) is 5.41 Å². The molecule has 1 aromatic carbocycles. The molecule has 0 aliphatic heterocycles. The highest BCUT2D eigenvalue weighted by Gasteiger charge is 2.41. The minimum absolute atomic E-state index is 0.0724. The van der Waals surface area contributed by atoms with Crippen LogP contribution >= 0.6 is 0 Å². The molecule has 1 aromatic rings. The topological polar surface area (TPSA) is 75.4 Å². The van der Waals surface area contributed by atoms with Gasteiger partial charge in [-0.15, -0.1) is 0 Å². The number of rotatable bonds is 6. The van der Waals surface area contributed by atoms with Crippen LogP contribution in [0.1, 0.15) is 19.3 Å². The summed E-state index contributed by atoms with van der Waals surface area (Å²) < 4.78 is 13.6. The van der Waals surface area contributed by atoms with Crippen molar-refractivity contribution in [1.82, 2.24) is 0 Å². The number of non-ortho nitro benzene ring substituents is 1. The van der Waals surface area contributed by atoms with Crippen molar-refractivity contribution < 1.29 is 14.4 Å². The van der Waals surface area contributed by atoms with Gasteiger partial charge in [-0.1, -0.05) is 0 Å². The van der Waals surface area contributed by atoms with Crippen molar-refractivity contribution in [1.29, 1.82) is 0 Å². The molecular weight excluding hydrogens is 239 g/mol. The summed E-state index contributed by atoms with van der Waals surface area (Å²) in [6.07, 6.45) is 2.75. The lowest BCUT2D eigenvalue weighted by atomic mass is 10.0. The van der Waals surface area contributed by atoms with Gasteiger partial charge in [0.25, 0.3) is 5.69 Å². The van der Waals surface area contributed by atoms with Gasteiger partial charge in [-0.2, -0.15) is 0 Å². The lowest BCUT2D eigenvalue weighted by molar-refractivity contribution is -0.385. The molecule has 98 valence electrons. The van der Waals surface area contributed by atoms with Crippen LogP contribution in [-0.4, -0.2) is 23.2 Å². The van der Waals surface area contributed by atoms with Crippen molar-refractivity contribution in [3.63, 3.8) is 0 Å². The Balaban J connectivity index is 2.00. The van der Waals surface area contributed by atoms with Gasteiger partial charge >= 0.3 is 0 Å². The smallest absolute Gasteiger partial charge is 0.272 e. The van der Waals surface area contributed by atoms with Gasteiger partial charge in [-0.25, -0.2) is 4.39 Å². The van der Waals surface area contributed by atoms with Gasteiger partial charge in [0.05, 0.1) is 16.7 Å². The first-order valence-electron chi connectivity index (χ1n) is 5.85. The van der Waals surface area contributed by atoms with Gasteiger partial charge in [0, 0.05) is 19.2 Å². The van der Waals surface area contributed by atoms with E-state index in [1.165, 1.54) is 12.1 Å². The van der Waals surface area contributed by atoms with E-state index in [1.807, 2.05) is 0 Å². The maximum atomic E-state index is 13.6. The van der Waals surface area contributed by atoms with Crippen LogP contribution in [-0.2, 0) is 0 Å². The highest BCUT2D eigenvalue weighted by atomic mass is 19.1. The average molecular weight is 254 g/mol. The van der Waals surface area contributed by atoms with E-state index in [9.17, 15) is 14.5 Å². The number of nitrogens with zero attached hydrogens (tertiary/aromatic N) is 1. The number of benzene rings is 1. The molecule has 0 radical (unpaired) electrons. The Morgan fingerprint density at radius 2 is 2.22 bits per heavy atom. The predicted octanol–water partition coefficient (Wildman–Crippen LogP) is 2.31. The first kappa shape index (κ1) is 12.8. The number of aliphatic hydroxyl groups is 1. The highest BCUT2D eigenvalue weighted by molar-refractivity contribution is 5.50. The Morgan fingerprint density at radius 3 is 2.72 bits per heavy atom. The fourth-order valence-electron chi connectivity index (χ4n) is 1.97. The van der Waals surface area contributed by atoms with Crippen LogP contribution in [0.5, 0.6) is 0 Å². The second kappa shape index (κ2) is 4.89. The molecule has 1 fully saturated rings. The lowest BCUT2D eigenvalue weighted by Gasteiger charge is -2.15. The second-order valence-electron chi connectivity index (χ2n) is 4.75. The van der Waals surface area contributed by atoms with Gasteiger partial charge in [0.2, 0.25) is 0 Å². The zero-order valence-corrected chi connectivity index (χ0v) is 9.86. The van der Waals surface area contributed by atoms with E-state index in [2.05, 4.69) is 5.32 Å². The number of aliphatic hydroxyl groups excluding tert-OH is 1. The largest absolute Gasteiger partial charge is 0.396 e. The Bertz CT molecular complexity index is 461. The molecule has 0 atom stereocenters. The number of nitro benzene ring substituents is 1. The number of anilines is 1. The molecule has 5 nitrogen and oxygen atoms in total. The third-order valence-corrected chi connectivity index (χ3v) is 3.42. The van der Waals surface area contributed by atoms with E-state index in [0.29, 0.717) is 13.0 Å². The van der Waals surface area contributed by atoms with Gasteiger partial charge < -0.3 is 10.4 Å². The molecule has 2 N–H and O–H groups in total. The van der Waals surface area contributed by atoms with Gasteiger partial charge in [0.1, 0.15) is 0 Å². The normalized spacial score (nSPS) is 16.3. The first-order chi connectivity index (χ1) is 8.56. The summed E-state index contributed by atoms with van der Waals surface area (Å²) in [5, 5.41) is 22.3. The molecule has 0 amide bonds. The molecule has 1 aliphatic carbocycles. The number of nitro groups is 1.